The molecule has 1 aromatic carbocycles. The van der Waals surface area contributed by atoms with Crippen LogP contribution in [0.5, 0.6) is 0 Å². The lowest BCUT2D eigenvalue weighted by Crippen LogP contribution is -2.14. The number of benzene rings is 1. The van der Waals surface area contributed by atoms with Gasteiger partial charge in [-0.25, -0.2) is 9.07 Å². The number of hydrogen-bond donors (Lipinski definition) is 1. The van der Waals surface area contributed by atoms with Crippen molar-refractivity contribution in [3.8, 4) is 11.4 Å². The predicted octanol–water partition coefficient (Wildman–Crippen LogP) is 2.01. The third-order valence-corrected chi connectivity index (χ3v) is 2.32. The van der Waals surface area contributed by atoms with Gasteiger partial charge < -0.3 is 5.73 Å². The van der Waals surface area contributed by atoms with Crippen molar-refractivity contribution in [1.29, 1.82) is 0 Å². The fourth-order valence-electron chi connectivity index (χ4n) is 1.54. The van der Waals surface area contributed by atoms with E-state index >= 15 is 0 Å². The lowest BCUT2D eigenvalue weighted by atomic mass is 10.2. The number of aryl methyl sites for hydroxylation is 1. The molecule has 1 aromatic heterocycles. The second-order valence-electron chi connectivity index (χ2n) is 3.86. The van der Waals surface area contributed by atoms with Gasteiger partial charge in [0.25, 0.3) is 0 Å². The van der Waals surface area contributed by atoms with Crippen molar-refractivity contribution in [2.45, 2.75) is 19.1 Å². The van der Waals surface area contributed by atoms with Gasteiger partial charge in [0.2, 0.25) is 0 Å². The highest BCUT2D eigenvalue weighted by Crippen LogP contribution is 2.23. The van der Waals surface area contributed by atoms with Crippen LogP contribution >= 0.6 is 0 Å². The van der Waals surface area contributed by atoms with E-state index in [0.717, 1.165) is 16.8 Å². The van der Waals surface area contributed by atoms with E-state index in [4.69, 9.17) is 5.73 Å². The Balaban J connectivity index is 2.28. The first-order valence-corrected chi connectivity index (χ1v) is 5.24. The number of rotatable bonds is 3. The maximum atomic E-state index is 13.2. The van der Waals surface area contributed by atoms with Crippen molar-refractivity contribution < 1.29 is 17.6 Å². The van der Waals surface area contributed by atoms with Crippen LogP contribution in [0.2, 0.25) is 0 Å². The van der Waals surface area contributed by atoms with Crippen molar-refractivity contribution in [2.75, 3.05) is 5.73 Å². The second-order valence-corrected chi connectivity index (χ2v) is 3.86. The molecule has 1 heterocycles. The van der Waals surface area contributed by atoms with E-state index in [9.17, 15) is 17.6 Å². The number of aromatic nitrogens is 4. The van der Waals surface area contributed by atoms with Gasteiger partial charge in [0, 0.05) is 11.3 Å². The molecule has 5 nitrogen and oxygen atoms in total. The maximum absolute atomic E-state index is 13.2. The van der Waals surface area contributed by atoms with E-state index in [-0.39, 0.29) is 17.1 Å². The standard InChI is InChI=1S/C10H9F4N5/c11-7-3-6(4-8(15)5-7)9-16-17-18-19(9)2-1-10(12,13)14/h3-5H,1-2,15H2. The molecule has 0 saturated carbocycles. The summed E-state index contributed by atoms with van der Waals surface area (Å²) in [5.41, 5.74) is 5.83. The maximum Gasteiger partial charge on any atom is 0.390 e. The molecule has 0 radical (unpaired) electrons. The molecule has 0 fully saturated rings. The molecule has 102 valence electrons. The Bertz CT molecular complexity index is 557. The smallest absolute Gasteiger partial charge is 0.390 e. The van der Waals surface area contributed by atoms with Crippen LogP contribution < -0.4 is 5.73 Å². The quantitative estimate of drug-likeness (QED) is 0.687. The van der Waals surface area contributed by atoms with Gasteiger partial charge in [0.05, 0.1) is 13.0 Å². The van der Waals surface area contributed by atoms with Crippen molar-refractivity contribution in [3.05, 3.63) is 24.0 Å². The molecule has 9 heteroatoms. The van der Waals surface area contributed by atoms with Crippen LogP contribution in [0.1, 0.15) is 6.42 Å². The van der Waals surface area contributed by atoms with Gasteiger partial charge in [0.15, 0.2) is 5.82 Å². The number of anilines is 1. The zero-order chi connectivity index (χ0) is 14.0. The van der Waals surface area contributed by atoms with E-state index < -0.39 is 25.0 Å². The van der Waals surface area contributed by atoms with E-state index in [2.05, 4.69) is 15.5 Å². The van der Waals surface area contributed by atoms with Crippen LogP contribution in [-0.2, 0) is 6.54 Å². The van der Waals surface area contributed by atoms with E-state index in [0.29, 0.717) is 0 Å². The third kappa shape index (κ3) is 3.39. The van der Waals surface area contributed by atoms with Gasteiger partial charge in [-0.15, -0.1) is 5.10 Å². The van der Waals surface area contributed by atoms with Gasteiger partial charge in [-0.3, -0.25) is 0 Å². The van der Waals surface area contributed by atoms with Crippen LogP contribution in [-0.4, -0.2) is 26.4 Å². The minimum Gasteiger partial charge on any atom is -0.399 e. The van der Waals surface area contributed by atoms with Gasteiger partial charge in [-0.1, -0.05) is 0 Å². The SMILES string of the molecule is Nc1cc(F)cc(-c2nnnn2CCC(F)(F)F)c1. The Morgan fingerprint density at radius 1 is 1.21 bits per heavy atom. The number of tetrazole rings is 1. The Morgan fingerprint density at radius 3 is 2.58 bits per heavy atom. The minimum atomic E-state index is -4.32. The summed E-state index contributed by atoms with van der Waals surface area (Å²) in [5.74, 6) is -0.573. The summed E-state index contributed by atoms with van der Waals surface area (Å²) >= 11 is 0. The highest BCUT2D eigenvalue weighted by atomic mass is 19.4. The number of alkyl halides is 3. The number of hydrogen-bond acceptors (Lipinski definition) is 4. The van der Waals surface area contributed by atoms with Gasteiger partial charge in [0.1, 0.15) is 5.82 Å². The molecule has 2 rings (SSSR count). The summed E-state index contributed by atoms with van der Waals surface area (Å²) < 4.78 is 50.6. The van der Waals surface area contributed by atoms with Gasteiger partial charge in [-0.2, -0.15) is 13.2 Å². The lowest BCUT2D eigenvalue weighted by Gasteiger charge is -2.08. The van der Waals surface area contributed by atoms with Gasteiger partial charge >= 0.3 is 6.18 Å². The Labute approximate surface area is 105 Å². The second kappa shape index (κ2) is 4.82. The molecule has 0 saturated heterocycles. The predicted molar refractivity (Wildman–Crippen MR) is 58.3 cm³/mol. The minimum absolute atomic E-state index is 0.0375. The summed E-state index contributed by atoms with van der Waals surface area (Å²) in [5, 5.41) is 10.3. The summed E-state index contributed by atoms with van der Waals surface area (Å²) in [6.45, 7) is -0.442. The first-order valence-electron chi connectivity index (χ1n) is 5.24. The molecular weight excluding hydrogens is 266 g/mol. The molecule has 0 bridgehead atoms. The third-order valence-electron chi connectivity index (χ3n) is 2.32. The lowest BCUT2D eigenvalue weighted by molar-refractivity contribution is -0.137. The molecule has 0 aliphatic heterocycles. The molecule has 19 heavy (non-hydrogen) atoms. The normalized spacial score (nSPS) is 11.8. The molecule has 2 aromatic rings. The van der Waals surface area contributed by atoms with Crippen LogP contribution in [0.25, 0.3) is 11.4 Å². The van der Waals surface area contributed by atoms with E-state index in [1.54, 1.807) is 0 Å². The fraction of sp³-hybridized carbons (Fsp3) is 0.300. The van der Waals surface area contributed by atoms with Crippen LogP contribution in [0.4, 0.5) is 23.2 Å². The summed E-state index contributed by atoms with van der Waals surface area (Å²) in [6, 6.07) is 3.58. The molecule has 2 N–H and O–H groups in total. The molecule has 0 spiro atoms. The first-order chi connectivity index (χ1) is 8.85. The van der Waals surface area contributed by atoms with Crippen LogP contribution in [0, 0.1) is 5.82 Å². The van der Waals surface area contributed by atoms with Crippen molar-refractivity contribution in [3.63, 3.8) is 0 Å². The topological polar surface area (TPSA) is 69.6 Å². The number of nitrogen functional groups attached to an aromatic ring is 1. The van der Waals surface area contributed by atoms with Gasteiger partial charge in [-0.05, 0) is 28.6 Å². The van der Waals surface area contributed by atoms with Crippen molar-refractivity contribution >= 4 is 5.69 Å². The number of halogens is 4. The number of nitrogens with two attached hydrogens (primary N) is 1. The zero-order valence-electron chi connectivity index (χ0n) is 9.52. The Kier molecular flexibility index (Phi) is 3.36. The molecule has 0 amide bonds. The summed E-state index contributed by atoms with van der Waals surface area (Å²) in [4.78, 5) is 0. The van der Waals surface area contributed by atoms with E-state index in [1.807, 2.05) is 0 Å². The largest absolute Gasteiger partial charge is 0.399 e. The zero-order valence-corrected chi connectivity index (χ0v) is 9.52. The summed E-state index contributed by atoms with van der Waals surface area (Å²) in [7, 11) is 0. The number of nitrogens with zero attached hydrogens (tertiary/aromatic N) is 4. The fourth-order valence-corrected chi connectivity index (χ4v) is 1.54. The van der Waals surface area contributed by atoms with Crippen molar-refractivity contribution in [2.24, 2.45) is 0 Å². The Hall–Kier alpha value is -2.19. The van der Waals surface area contributed by atoms with Crippen molar-refractivity contribution in [1.82, 2.24) is 20.2 Å². The first kappa shape index (κ1) is 13.2. The average molecular weight is 275 g/mol. The highest BCUT2D eigenvalue weighted by Gasteiger charge is 2.27. The van der Waals surface area contributed by atoms with Crippen LogP contribution in [0.15, 0.2) is 18.2 Å². The molecule has 0 atom stereocenters. The Morgan fingerprint density at radius 2 is 1.95 bits per heavy atom. The molecule has 0 aliphatic rings. The van der Waals surface area contributed by atoms with E-state index in [1.165, 1.54) is 6.07 Å². The highest BCUT2D eigenvalue weighted by molar-refractivity contribution is 5.61. The monoisotopic (exact) mass is 275 g/mol. The molecule has 0 unspecified atom stereocenters. The molecule has 0 aliphatic carbocycles. The molecular formula is C10H9F4N5. The average Bonchev–Trinajstić information content (AvgIpc) is 2.72. The van der Waals surface area contributed by atoms with Crippen LogP contribution in [0.3, 0.4) is 0 Å². The summed E-state index contributed by atoms with van der Waals surface area (Å²) in [6.07, 6.45) is -5.39.